The summed E-state index contributed by atoms with van der Waals surface area (Å²) in [5.74, 6) is 0. The number of sulfone groups is 1. The number of unbranched alkanes of at least 4 members (excludes halogenated alkanes) is 3. The Labute approximate surface area is 118 Å². The van der Waals surface area contributed by atoms with Crippen molar-refractivity contribution in [2.45, 2.75) is 55.3 Å². The van der Waals surface area contributed by atoms with Gasteiger partial charge in [-0.1, -0.05) is 50.8 Å². The van der Waals surface area contributed by atoms with Crippen molar-refractivity contribution in [1.29, 1.82) is 0 Å². The minimum absolute atomic E-state index is 0.223. The lowest BCUT2D eigenvalue weighted by atomic mass is 10.1. The molecule has 1 aromatic carbocycles. The summed E-state index contributed by atoms with van der Waals surface area (Å²) in [4.78, 5) is -0.474. The van der Waals surface area contributed by atoms with E-state index in [9.17, 15) is 22.3 Å². The molecule has 0 heterocycles. The number of hydrogen-bond acceptors (Lipinski definition) is 3. The van der Waals surface area contributed by atoms with Crippen molar-refractivity contribution in [3.05, 3.63) is 30.3 Å². The Hall–Kier alpha value is -1.01. The van der Waals surface area contributed by atoms with Gasteiger partial charge in [-0.25, -0.2) is 8.42 Å². The van der Waals surface area contributed by atoms with Gasteiger partial charge in [0.15, 0.2) is 0 Å². The van der Waals surface area contributed by atoms with Gasteiger partial charge in [-0.3, -0.25) is 0 Å². The maximum atomic E-state index is 14.0. The number of alkyl halides is 2. The molecule has 1 atom stereocenters. The Morgan fingerprint density at radius 2 is 1.75 bits per heavy atom. The number of aliphatic hydroxyl groups is 1. The van der Waals surface area contributed by atoms with Crippen molar-refractivity contribution in [2.24, 2.45) is 0 Å². The maximum Gasteiger partial charge on any atom is 0.375 e. The molecule has 1 rings (SSSR count). The van der Waals surface area contributed by atoms with Gasteiger partial charge in [0.25, 0.3) is 0 Å². The highest BCUT2D eigenvalue weighted by atomic mass is 32.2. The van der Waals surface area contributed by atoms with Crippen LogP contribution in [0.15, 0.2) is 35.2 Å². The first-order valence-corrected chi connectivity index (χ1v) is 8.18. The van der Waals surface area contributed by atoms with Crippen LogP contribution < -0.4 is 0 Å². The Morgan fingerprint density at radius 1 is 1.15 bits per heavy atom. The topological polar surface area (TPSA) is 54.4 Å². The lowest BCUT2D eigenvalue weighted by Gasteiger charge is -2.22. The van der Waals surface area contributed by atoms with Crippen LogP contribution >= 0.6 is 0 Å². The highest BCUT2D eigenvalue weighted by Gasteiger charge is 2.51. The van der Waals surface area contributed by atoms with E-state index < -0.39 is 26.1 Å². The monoisotopic (exact) mass is 306 g/mol. The predicted molar refractivity (Wildman–Crippen MR) is 73.3 cm³/mol. The Kier molecular flexibility index (Phi) is 6.07. The smallest absolute Gasteiger partial charge is 0.375 e. The zero-order valence-electron chi connectivity index (χ0n) is 11.4. The lowest BCUT2D eigenvalue weighted by molar-refractivity contribution is -0.0461. The minimum Gasteiger partial charge on any atom is -0.386 e. The zero-order chi connectivity index (χ0) is 15.2. The van der Waals surface area contributed by atoms with Crippen molar-refractivity contribution in [1.82, 2.24) is 0 Å². The molecule has 0 radical (unpaired) electrons. The molecule has 0 aliphatic rings. The third kappa shape index (κ3) is 3.76. The number of hydrogen-bond donors (Lipinski definition) is 1. The molecule has 114 valence electrons. The minimum atomic E-state index is -4.86. The highest BCUT2D eigenvalue weighted by molar-refractivity contribution is 7.92. The second kappa shape index (κ2) is 7.13. The molecule has 0 aromatic heterocycles. The van der Waals surface area contributed by atoms with Crippen molar-refractivity contribution in [2.75, 3.05) is 0 Å². The second-order valence-electron chi connectivity index (χ2n) is 4.74. The first-order valence-electron chi connectivity index (χ1n) is 6.69. The molecule has 20 heavy (non-hydrogen) atoms. The van der Waals surface area contributed by atoms with Crippen LogP contribution in [0, 0.1) is 0 Å². The first-order chi connectivity index (χ1) is 9.34. The molecule has 3 nitrogen and oxygen atoms in total. The van der Waals surface area contributed by atoms with Crippen LogP contribution in [0.1, 0.15) is 39.0 Å². The Balaban J connectivity index is 2.81. The van der Waals surface area contributed by atoms with Crippen molar-refractivity contribution >= 4 is 9.84 Å². The molecule has 1 unspecified atom stereocenters. The van der Waals surface area contributed by atoms with E-state index in [1.807, 2.05) is 6.92 Å². The Bertz CT molecular complexity index is 500. The van der Waals surface area contributed by atoms with E-state index in [2.05, 4.69) is 0 Å². The van der Waals surface area contributed by atoms with Crippen molar-refractivity contribution in [3.63, 3.8) is 0 Å². The van der Waals surface area contributed by atoms with Crippen LogP contribution in [0.25, 0.3) is 0 Å². The van der Waals surface area contributed by atoms with Gasteiger partial charge >= 0.3 is 5.25 Å². The van der Waals surface area contributed by atoms with Gasteiger partial charge in [0.05, 0.1) is 4.90 Å². The van der Waals surface area contributed by atoms with E-state index in [-0.39, 0.29) is 6.42 Å². The summed E-state index contributed by atoms with van der Waals surface area (Å²) in [6, 6.07) is 6.49. The fourth-order valence-corrected chi connectivity index (χ4v) is 3.17. The van der Waals surface area contributed by atoms with E-state index in [0.29, 0.717) is 12.8 Å². The van der Waals surface area contributed by atoms with E-state index in [1.54, 1.807) is 6.07 Å². The molecule has 0 spiro atoms. The zero-order valence-corrected chi connectivity index (χ0v) is 12.2. The fourth-order valence-electron chi connectivity index (χ4n) is 1.87. The average Bonchev–Trinajstić information content (AvgIpc) is 2.44. The summed E-state index contributed by atoms with van der Waals surface area (Å²) in [5, 5.41) is 5.38. The largest absolute Gasteiger partial charge is 0.386 e. The van der Waals surface area contributed by atoms with Crippen LogP contribution in [0.3, 0.4) is 0 Å². The molecule has 0 saturated heterocycles. The Morgan fingerprint density at radius 3 is 2.30 bits per heavy atom. The molecule has 1 N–H and O–H groups in total. The summed E-state index contributed by atoms with van der Waals surface area (Å²) >= 11 is 0. The molecule has 0 fully saturated rings. The molecule has 0 aliphatic carbocycles. The van der Waals surface area contributed by atoms with E-state index >= 15 is 0 Å². The summed E-state index contributed by atoms with van der Waals surface area (Å²) in [5.41, 5.74) is 0. The molecular formula is C14H20F2O3S. The summed E-state index contributed by atoms with van der Waals surface area (Å²) < 4.78 is 51.7. The summed E-state index contributed by atoms with van der Waals surface area (Å²) in [6.07, 6.45) is 0.506. The standard InChI is InChI=1S/C14H20F2O3S/c1-2-3-4-8-11-13(17)14(15,16)20(18,19)12-9-6-5-7-10-12/h5-7,9-10,13,17H,2-4,8,11H2,1H3. The van der Waals surface area contributed by atoms with Crippen LogP contribution in [0.4, 0.5) is 8.78 Å². The molecule has 0 aliphatic heterocycles. The number of rotatable bonds is 8. The number of benzene rings is 1. The molecule has 0 bridgehead atoms. The average molecular weight is 306 g/mol. The van der Waals surface area contributed by atoms with Gasteiger partial charge in [-0.2, -0.15) is 8.78 Å². The first kappa shape index (κ1) is 17.0. The van der Waals surface area contributed by atoms with Gasteiger partial charge in [0.2, 0.25) is 9.84 Å². The van der Waals surface area contributed by atoms with Gasteiger partial charge < -0.3 is 5.11 Å². The van der Waals surface area contributed by atoms with Gasteiger partial charge in [0.1, 0.15) is 6.10 Å². The van der Waals surface area contributed by atoms with Crippen molar-refractivity contribution in [3.8, 4) is 0 Å². The SMILES string of the molecule is CCCCCCC(O)C(F)(F)S(=O)(=O)c1ccccc1. The quantitative estimate of drug-likeness (QED) is 0.749. The lowest BCUT2D eigenvalue weighted by Crippen LogP contribution is -2.41. The summed E-state index contributed by atoms with van der Waals surface area (Å²) in [7, 11) is -4.86. The predicted octanol–water partition coefficient (Wildman–Crippen LogP) is 3.38. The van der Waals surface area contributed by atoms with Gasteiger partial charge in [-0.05, 0) is 18.6 Å². The van der Waals surface area contributed by atoms with Crippen LogP contribution in [0.2, 0.25) is 0 Å². The van der Waals surface area contributed by atoms with Gasteiger partial charge in [-0.15, -0.1) is 0 Å². The summed E-state index contributed by atoms with van der Waals surface area (Å²) in [6.45, 7) is 1.98. The third-order valence-electron chi connectivity index (χ3n) is 3.13. The van der Waals surface area contributed by atoms with Crippen LogP contribution in [-0.4, -0.2) is 24.9 Å². The molecule has 1 aromatic rings. The van der Waals surface area contributed by atoms with Crippen molar-refractivity contribution < 1.29 is 22.3 Å². The molecule has 0 saturated carbocycles. The normalized spacial score (nSPS) is 14.2. The van der Waals surface area contributed by atoms with Gasteiger partial charge in [0, 0.05) is 0 Å². The van der Waals surface area contributed by atoms with E-state index in [4.69, 9.17) is 0 Å². The molecule has 6 heteroatoms. The third-order valence-corrected chi connectivity index (χ3v) is 5.01. The van der Waals surface area contributed by atoms with E-state index in [0.717, 1.165) is 25.0 Å². The number of aliphatic hydroxyl groups excluding tert-OH is 1. The maximum absolute atomic E-state index is 14.0. The van der Waals surface area contributed by atoms with Crippen LogP contribution in [-0.2, 0) is 9.84 Å². The number of halogens is 2. The highest BCUT2D eigenvalue weighted by Crippen LogP contribution is 2.34. The molecular weight excluding hydrogens is 286 g/mol. The fraction of sp³-hybridized carbons (Fsp3) is 0.571. The van der Waals surface area contributed by atoms with Crippen LogP contribution in [0.5, 0.6) is 0 Å². The van der Waals surface area contributed by atoms with E-state index in [1.165, 1.54) is 12.1 Å². The molecule has 0 amide bonds. The second-order valence-corrected chi connectivity index (χ2v) is 6.77.